The maximum Gasteiger partial charge on any atom is 0.313 e. The highest BCUT2D eigenvalue weighted by atomic mass is 16.5. The summed E-state index contributed by atoms with van der Waals surface area (Å²) in [5.41, 5.74) is 2.87. The molecule has 3 aromatic rings. The van der Waals surface area contributed by atoms with Crippen molar-refractivity contribution in [1.82, 2.24) is 4.98 Å². The van der Waals surface area contributed by atoms with Crippen LogP contribution in [0.2, 0.25) is 0 Å². The first-order valence-corrected chi connectivity index (χ1v) is 9.90. The molecule has 1 aliphatic rings. The number of nitrogens with zero attached hydrogens (tertiary/aromatic N) is 1. The maximum absolute atomic E-state index is 12.3. The van der Waals surface area contributed by atoms with Crippen LogP contribution >= 0.6 is 0 Å². The molecular weight excluding hydrogens is 350 g/mol. The van der Waals surface area contributed by atoms with Crippen LogP contribution in [-0.4, -0.2) is 18.1 Å². The summed E-state index contributed by atoms with van der Waals surface area (Å²) < 4.78 is 11.0. The first-order chi connectivity index (χ1) is 13.7. The van der Waals surface area contributed by atoms with E-state index in [1.165, 1.54) is 20.0 Å². The number of benzene rings is 2. The molecule has 0 spiro atoms. The van der Waals surface area contributed by atoms with E-state index in [-0.39, 0.29) is 11.9 Å². The van der Waals surface area contributed by atoms with Gasteiger partial charge in [-0.15, -0.1) is 0 Å². The summed E-state index contributed by atoms with van der Waals surface area (Å²) >= 11 is 0. The standard InChI is InChI=1S/C24H25NO3/c1-27-24(26)23(18-7-2-3-8-18)19-11-14-21(15-12-19)28-16-20-13-10-17-6-4-5-9-22(17)25-20/h4-6,9-15,18,23H,2-3,7-8,16H2,1H3. The second-order valence-corrected chi connectivity index (χ2v) is 7.40. The maximum atomic E-state index is 12.3. The third kappa shape index (κ3) is 4.01. The Balaban J connectivity index is 1.45. The number of carbonyl (C=O) groups is 1. The van der Waals surface area contributed by atoms with Crippen molar-refractivity contribution in [2.45, 2.75) is 38.2 Å². The molecule has 0 bridgehead atoms. The molecule has 1 aromatic heterocycles. The van der Waals surface area contributed by atoms with Crippen LogP contribution in [-0.2, 0) is 16.1 Å². The lowest BCUT2D eigenvalue weighted by molar-refractivity contribution is -0.143. The fourth-order valence-electron chi connectivity index (χ4n) is 4.14. The summed E-state index contributed by atoms with van der Waals surface area (Å²) in [7, 11) is 1.47. The van der Waals surface area contributed by atoms with Crippen LogP contribution in [0.3, 0.4) is 0 Å². The third-order valence-electron chi connectivity index (χ3n) is 5.61. The number of para-hydroxylation sites is 1. The van der Waals surface area contributed by atoms with Crippen molar-refractivity contribution in [3.63, 3.8) is 0 Å². The quantitative estimate of drug-likeness (QED) is 0.551. The zero-order chi connectivity index (χ0) is 19.3. The molecule has 0 radical (unpaired) electrons. The molecule has 1 aliphatic carbocycles. The van der Waals surface area contributed by atoms with E-state index in [0.717, 1.165) is 40.8 Å². The number of ether oxygens (including phenoxy) is 2. The Morgan fingerprint density at radius 1 is 1.04 bits per heavy atom. The van der Waals surface area contributed by atoms with Crippen molar-refractivity contribution in [2.24, 2.45) is 5.92 Å². The molecule has 1 fully saturated rings. The lowest BCUT2D eigenvalue weighted by Crippen LogP contribution is -2.21. The summed E-state index contributed by atoms with van der Waals surface area (Å²) in [6.45, 7) is 0.410. The second kappa shape index (κ2) is 8.42. The molecule has 1 heterocycles. The third-order valence-corrected chi connectivity index (χ3v) is 5.61. The average Bonchev–Trinajstić information content (AvgIpc) is 3.27. The topological polar surface area (TPSA) is 48.4 Å². The number of hydrogen-bond acceptors (Lipinski definition) is 4. The first kappa shape index (κ1) is 18.5. The molecule has 4 nitrogen and oxygen atoms in total. The SMILES string of the molecule is COC(=O)C(c1ccc(OCc2ccc3ccccc3n2)cc1)C1CCCC1. The molecule has 144 valence electrons. The van der Waals surface area contributed by atoms with Crippen molar-refractivity contribution in [3.05, 3.63) is 71.9 Å². The molecule has 2 aromatic carbocycles. The number of methoxy groups -OCH3 is 1. The van der Waals surface area contributed by atoms with Crippen molar-refractivity contribution in [3.8, 4) is 5.75 Å². The molecule has 1 saturated carbocycles. The van der Waals surface area contributed by atoms with Gasteiger partial charge in [-0.2, -0.15) is 0 Å². The van der Waals surface area contributed by atoms with Crippen LogP contribution < -0.4 is 4.74 Å². The summed E-state index contributed by atoms with van der Waals surface area (Å²) in [5.74, 6) is 0.833. The highest BCUT2D eigenvalue weighted by molar-refractivity contribution is 5.79. The van der Waals surface area contributed by atoms with Gasteiger partial charge in [0, 0.05) is 5.39 Å². The lowest BCUT2D eigenvalue weighted by Gasteiger charge is -2.21. The van der Waals surface area contributed by atoms with Gasteiger partial charge in [-0.1, -0.05) is 49.2 Å². The van der Waals surface area contributed by atoms with E-state index in [1.54, 1.807) is 0 Å². The minimum Gasteiger partial charge on any atom is -0.487 e. The number of pyridine rings is 1. The Labute approximate surface area is 165 Å². The number of hydrogen-bond donors (Lipinski definition) is 0. The van der Waals surface area contributed by atoms with Crippen LogP contribution in [0.15, 0.2) is 60.7 Å². The molecule has 28 heavy (non-hydrogen) atoms. The van der Waals surface area contributed by atoms with Crippen LogP contribution in [0.25, 0.3) is 10.9 Å². The van der Waals surface area contributed by atoms with Gasteiger partial charge >= 0.3 is 5.97 Å². The van der Waals surface area contributed by atoms with E-state index in [2.05, 4.69) is 11.1 Å². The van der Waals surface area contributed by atoms with Gasteiger partial charge < -0.3 is 9.47 Å². The Morgan fingerprint density at radius 3 is 2.54 bits per heavy atom. The van der Waals surface area contributed by atoms with E-state index in [0.29, 0.717) is 12.5 Å². The molecule has 4 heteroatoms. The monoisotopic (exact) mass is 375 g/mol. The van der Waals surface area contributed by atoms with Gasteiger partial charge in [0.25, 0.3) is 0 Å². The number of carbonyl (C=O) groups excluding carboxylic acids is 1. The highest BCUT2D eigenvalue weighted by Gasteiger charge is 2.32. The normalized spacial score (nSPS) is 15.5. The van der Waals surface area contributed by atoms with Crippen molar-refractivity contribution >= 4 is 16.9 Å². The Bertz CT molecular complexity index is 945. The zero-order valence-corrected chi connectivity index (χ0v) is 16.1. The fourth-order valence-corrected chi connectivity index (χ4v) is 4.14. The number of aromatic nitrogens is 1. The first-order valence-electron chi connectivity index (χ1n) is 9.90. The molecular formula is C24H25NO3. The molecule has 0 aliphatic heterocycles. The second-order valence-electron chi connectivity index (χ2n) is 7.40. The molecule has 0 N–H and O–H groups in total. The van der Waals surface area contributed by atoms with E-state index < -0.39 is 0 Å². The van der Waals surface area contributed by atoms with E-state index in [1.807, 2.05) is 54.6 Å². The zero-order valence-electron chi connectivity index (χ0n) is 16.1. The summed E-state index contributed by atoms with van der Waals surface area (Å²) in [5, 5.41) is 1.12. The number of fused-ring (bicyclic) bond motifs is 1. The van der Waals surface area contributed by atoms with E-state index in [9.17, 15) is 4.79 Å². The molecule has 1 unspecified atom stereocenters. The Hall–Kier alpha value is -2.88. The Kier molecular flexibility index (Phi) is 5.56. The largest absolute Gasteiger partial charge is 0.487 e. The summed E-state index contributed by atoms with van der Waals surface area (Å²) in [6.07, 6.45) is 4.56. The predicted molar refractivity (Wildman–Crippen MR) is 109 cm³/mol. The lowest BCUT2D eigenvalue weighted by atomic mass is 9.85. The van der Waals surface area contributed by atoms with Crippen LogP contribution in [0.1, 0.15) is 42.9 Å². The highest BCUT2D eigenvalue weighted by Crippen LogP contribution is 2.38. The van der Waals surface area contributed by atoms with E-state index >= 15 is 0 Å². The van der Waals surface area contributed by atoms with Gasteiger partial charge in [-0.25, -0.2) is 4.98 Å². The smallest absolute Gasteiger partial charge is 0.313 e. The average molecular weight is 375 g/mol. The van der Waals surface area contributed by atoms with Crippen molar-refractivity contribution in [1.29, 1.82) is 0 Å². The molecule has 1 atom stereocenters. The van der Waals surface area contributed by atoms with Gasteiger partial charge in [0.1, 0.15) is 12.4 Å². The van der Waals surface area contributed by atoms with Crippen LogP contribution in [0.5, 0.6) is 5.75 Å². The summed E-state index contributed by atoms with van der Waals surface area (Å²) in [4.78, 5) is 17.0. The number of rotatable bonds is 6. The molecule has 0 amide bonds. The van der Waals surface area contributed by atoms with Gasteiger partial charge in [0.2, 0.25) is 0 Å². The van der Waals surface area contributed by atoms with Crippen LogP contribution in [0.4, 0.5) is 0 Å². The molecule has 4 rings (SSSR count). The fraction of sp³-hybridized carbons (Fsp3) is 0.333. The Morgan fingerprint density at radius 2 is 1.79 bits per heavy atom. The van der Waals surface area contributed by atoms with Crippen molar-refractivity contribution in [2.75, 3.05) is 7.11 Å². The van der Waals surface area contributed by atoms with Gasteiger partial charge in [0.15, 0.2) is 0 Å². The van der Waals surface area contributed by atoms with Crippen LogP contribution in [0, 0.1) is 5.92 Å². The summed E-state index contributed by atoms with van der Waals surface area (Å²) in [6, 6.07) is 19.9. The van der Waals surface area contributed by atoms with Gasteiger partial charge in [0.05, 0.1) is 24.2 Å². The minimum absolute atomic E-state index is 0.138. The van der Waals surface area contributed by atoms with Crippen molar-refractivity contribution < 1.29 is 14.3 Å². The van der Waals surface area contributed by atoms with Gasteiger partial charge in [-0.05, 0) is 48.6 Å². The predicted octanol–water partition coefficient (Wildman–Crippen LogP) is 5.26. The van der Waals surface area contributed by atoms with E-state index in [4.69, 9.17) is 9.47 Å². The number of esters is 1. The van der Waals surface area contributed by atoms with Gasteiger partial charge in [-0.3, -0.25) is 4.79 Å². The molecule has 0 saturated heterocycles. The minimum atomic E-state index is -0.177.